The molecule has 0 saturated carbocycles. The van der Waals surface area contributed by atoms with Gasteiger partial charge in [-0.05, 0) is 42.8 Å². The Labute approximate surface area is 104 Å². The van der Waals surface area contributed by atoms with E-state index in [0.717, 1.165) is 5.56 Å². The molecule has 92 valence electrons. The number of halogens is 1. The van der Waals surface area contributed by atoms with E-state index in [9.17, 15) is 9.18 Å². The fourth-order valence-electron chi connectivity index (χ4n) is 1.40. The van der Waals surface area contributed by atoms with Gasteiger partial charge in [0, 0.05) is 5.56 Å². The van der Waals surface area contributed by atoms with Crippen molar-refractivity contribution >= 4 is 17.5 Å². The number of hydrogen-bond acceptors (Lipinski definition) is 3. The summed E-state index contributed by atoms with van der Waals surface area (Å²) in [6, 6.07) is 8.69. The predicted molar refractivity (Wildman–Crippen MR) is 67.7 cm³/mol. The van der Waals surface area contributed by atoms with Crippen LogP contribution in [0.4, 0.5) is 16.0 Å². The highest BCUT2D eigenvalue weighted by molar-refractivity contribution is 6.03. The van der Waals surface area contributed by atoms with Gasteiger partial charge in [0.2, 0.25) is 0 Å². The minimum Gasteiger partial charge on any atom is -0.383 e. The summed E-state index contributed by atoms with van der Waals surface area (Å²) in [6.45, 7) is 1.83. The topological polar surface area (TPSA) is 68.0 Å². The van der Waals surface area contributed by atoms with Crippen LogP contribution in [0.1, 0.15) is 15.9 Å². The minimum atomic E-state index is -0.385. The maximum Gasteiger partial charge on any atom is 0.256 e. The normalized spacial score (nSPS) is 10.1. The number of amides is 1. The van der Waals surface area contributed by atoms with Gasteiger partial charge in [-0.2, -0.15) is 0 Å². The number of aryl methyl sites for hydroxylation is 1. The molecule has 3 N–H and O–H groups in total. The van der Waals surface area contributed by atoms with Crippen LogP contribution in [-0.2, 0) is 0 Å². The highest BCUT2D eigenvalue weighted by atomic mass is 19.1. The van der Waals surface area contributed by atoms with Gasteiger partial charge in [-0.25, -0.2) is 9.37 Å². The highest BCUT2D eigenvalue weighted by Gasteiger charge is 2.07. The Balaban J connectivity index is 2.16. The molecule has 0 bridgehead atoms. The number of nitrogens with one attached hydrogen (secondary N) is 1. The molecule has 0 aliphatic rings. The smallest absolute Gasteiger partial charge is 0.256 e. The van der Waals surface area contributed by atoms with Crippen LogP contribution in [0.15, 0.2) is 36.4 Å². The van der Waals surface area contributed by atoms with Crippen molar-refractivity contribution in [2.45, 2.75) is 6.92 Å². The molecule has 0 spiro atoms. The van der Waals surface area contributed by atoms with E-state index in [-0.39, 0.29) is 11.7 Å². The molecule has 5 heteroatoms. The second-order valence-electron chi connectivity index (χ2n) is 3.86. The second kappa shape index (κ2) is 4.83. The lowest BCUT2D eigenvalue weighted by atomic mass is 10.2. The molecule has 2 rings (SSSR count). The maximum absolute atomic E-state index is 12.7. The number of nitrogens with zero attached hydrogens (tertiary/aromatic N) is 1. The lowest BCUT2D eigenvalue weighted by Gasteiger charge is -2.06. The van der Waals surface area contributed by atoms with E-state index in [0.29, 0.717) is 17.2 Å². The SMILES string of the molecule is Cc1ccc(NC(=O)c2ccc(F)cc2)nc1N. The van der Waals surface area contributed by atoms with Crippen molar-refractivity contribution in [1.82, 2.24) is 4.98 Å². The van der Waals surface area contributed by atoms with Crippen LogP contribution in [0.2, 0.25) is 0 Å². The standard InChI is InChI=1S/C13H12FN3O/c1-8-2-7-11(16-12(8)15)17-13(18)9-3-5-10(14)6-4-9/h2-7H,1H3,(H3,15,16,17,18). The number of carbonyl (C=O) groups excluding carboxylic acids is 1. The van der Waals surface area contributed by atoms with Crippen molar-refractivity contribution in [3.63, 3.8) is 0 Å². The van der Waals surface area contributed by atoms with Crippen LogP contribution in [0.5, 0.6) is 0 Å². The van der Waals surface area contributed by atoms with Crippen LogP contribution < -0.4 is 11.1 Å². The van der Waals surface area contributed by atoms with Gasteiger partial charge >= 0.3 is 0 Å². The summed E-state index contributed by atoms with van der Waals surface area (Å²) in [7, 11) is 0. The molecule has 0 atom stereocenters. The summed E-state index contributed by atoms with van der Waals surface area (Å²) in [5.41, 5.74) is 6.84. The van der Waals surface area contributed by atoms with E-state index in [1.807, 2.05) is 6.92 Å². The van der Waals surface area contributed by atoms with Gasteiger partial charge in [-0.3, -0.25) is 4.79 Å². The average molecular weight is 245 g/mol. The van der Waals surface area contributed by atoms with Gasteiger partial charge < -0.3 is 11.1 Å². The van der Waals surface area contributed by atoms with Crippen molar-refractivity contribution < 1.29 is 9.18 Å². The molecular weight excluding hydrogens is 233 g/mol. The van der Waals surface area contributed by atoms with Crippen LogP contribution in [0.3, 0.4) is 0 Å². The minimum absolute atomic E-state index is 0.356. The number of nitrogens with two attached hydrogens (primary N) is 1. The Morgan fingerprint density at radius 2 is 1.89 bits per heavy atom. The number of nitrogen functional groups attached to an aromatic ring is 1. The van der Waals surface area contributed by atoms with Crippen molar-refractivity contribution in [2.75, 3.05) is 11.1 Å². The lowest BCUT2D eigenvalue weighted by molar-refractivity contribution is 0.102. The molecule has 0 saturated heterocycles. The Morgan fingerprint density at radius 3 is 2.50 bits per heavy atom. The number of pyridine rings is 1. The van der Waals surface area contributed by atoms with E-state index in [2.05, 4.69) is 10.3 Å². The molecule has 2 aromatic rings. The second-order valence-corrected chi connectivity index (χ2v) is 3.86. The highest BCUT2D eigenvalue weighted by Crippen LogP contribution is 2.13. The van der Waals surface area contributed by atoms with E-state index >= 15 is 0 Å². The molecule has 1 heterocycles. The zero-order valence-corrected chi connectivity index (χ0v) is 9.77. The average Bonchev–Trinajstić information content (AvgIpc) is 2.34. The first kappa shape index (κ1) is 12.0. The first-order chi connectivity index (χ1) is 8.56. The fourth-order valence-corrected chi connectivity index (χ4v) is 1.40. The Bertz CT molecular complexity index is 581. The summed E-state index contributed by atoms with van der Waals surface area (Å²) in [4.78, 5) is 15.8. The molecule has 0 fully saturated rings. The molecule has 0 unspecified atom stereocenters. The number of carbonyl (C=O) groups is 1. The summed E-state index contributed by atoms with van der Waals surface area (Å²) < 4.78 is 12.7. The third kappa shape index (κ3) is 2.63. The largest absolute Gasteiger partial charge is 0.383 e. The van der Waals surface area contributed by atoms with Gasteiger partial charge in [0.05, 0.1) is 0 Å². The Kier molecular flexibility index (Phi) is 3.23. The zero-order chi connectivity index (χ0) is 13.1. The Hall–Kier alpha value is -2.43. The number of aromatic nitrogens is 1. The maximum atomic E-state index is 12.7. The van der Waals surface area contributed by atoms with Gasteiger partial charge in [-0.1, -0.05) is 6.07 Å². The van der Waals surface area contributed by atoms with Crippen LogP contribution in [-0.4, -0.2) is 10.9 Å². The third-order valence-corrected chi connectivity index (χ3v) is 2.48. The third-order valence-electron chi connectivity index (χ3n) is 2.48. The molecule has 1 aromatic carbocycles. The predicted octanol–water partition coefficient (Wildman–Crippen LogP) is 2.36. The first-order valence-electron chi connectivity index (χ1n) is 5.36. The molecule has 0 aliphatic heterocycles. The molecule has 1 amide bonds. The van der Waals surface area contributed by atoms with E-state index < -0.39 is 0 Å². The van der Waals surface area contributed by atoms with Gasteiger partial charge in [0.1, 0.15) is 17.5 Å². The lowest BCUT2D eigenvalue weighted by Crippen LogP contribution is -2.13. The van der Waals surface area contributed by atoms with Crippen molar-refractivity contribution in [1.29, 1.82) is 0 Å². The van der Waals surface area contributed by atoms with Gasteiger partial charge in [0.15, 0.2) is 0 Å². The number of rotatable bonds is 2. The summed E-state index contributed by atoms with van der Waals surface area (Å²) in [5.74, 6) is -0.00524. The van der Waals surface area contributed by atoms with Gasteiger partial charge in [0.25, 0.3) is 5.91 Å². The molecule has 18 heavy (non-hydrogen) atoms. The summed E-state index contributed by atoms with van der Waals surface area (Å²) >= 11 is 0. The number of benzene rings is 1. The van der Waals surface area contributed by atoms with Crippen LogP contribution in [0.25, 0.3) is 0 Å². The van der Waals surface area contributed by atoms with E-state index in [1.165, 1.54) is 24.3 Å². The van der Waals surface area contributed by atoms with Crippen molar-refractivity contribution in [3.8, 4) is 0 Å². The summed E-state index contributed by atoms with van der Waals surface area (Å²) in [5, 5.41) is 2.59. The molecular formula is C13H12FN3O. The molecule has 0 radical (unpaired) electrons. The molecule has 4 nitrogen and oxygen atoms in total. The number of anilines is 2. The van der Waals surface area contributed by atoms with Gasteiger partial charge in [-0.15, -0.1) is 0 Å². The monoisotopic (exact) mass is 245 g/mol. The Morgan fingerprint density at radius 1 is 1.22 bits per heavy atom. The van der Waals surface area contributed by atoms with Crippen LogP contribution >= 0.6 is 0 Å². The number of hydrogen-bond donors (Lipinski definition) is 2. The first-order valence-corrected chi connectivity index (χ1v) is 5.36. The zero-order valence-electron chi connectivity index (χ0n) is 9.77. The van der Waals surface area contributed by atoms with Crippen molar-refractivity contribution in [3.05, 3.63) is 53.3 Å². The van der Waals surface area contributed by atoms with Crippen LogP contribution in [0, 0.1) is 12.7 Å². The summed E-state index contributed by atoms with van der Waals surface area (Å²) in [6.07, 6.45) is 0. The van der Waals surface area contributed by atoms with E-state index in [4.69, 9.17) is 5.73 Å². The quantitative estimate of drug-likeness (QED) is 0.853. The molecule has 0 aliphatic carbocycles. The fraction of sp³-hybridized carbons (Fsp3) is 0.0769. The van der Waals surface area contributed by atoms with E-state index in [1.54, 1.807) is 12.1 Å². The van der Waals surface area contributed by atoms with Crippen molar-refractivity contribution in [2.24, 2.45) is 0 Å². The molecule has 1 aromatic heterocycles.